The van der Waals surface area contributed by atoms with Crippen molar-refractivity contribution in [3.8, 4) is 0 Å². The van der Waals surface area contributed by atoms with Gasteiger partial charge in [0.1, 0.15) is 18.1 Å². The highest BCUT2D eigenvalue weighted by Crippen LogP contribution is 2.40. The Kier molecular flexibility index (Phi) is 4.58. The molecule has 1 aliphatic heterocycles. The second kappa shape index (κ2) is 6.54. The monoisotopic (exact) mass is 370 g/mol. The Morgan fingerprint density at radius 2 is 2.12 bits per heavy atom. The van der Waals surface area contributed by atoms with Crippen LogP contribution in [0.25, 0.3) is 11.2 Å². The van der Waals surface area contributed by atoms with Gasteiger partial charge in [-0.25, -0.2) is 19.7 Å². The molecule has 0 radical (unpaired) electrons. The van der Waals surface area contributed by atoms with Crippen molar-refractivity contribution in [2.45, 2.75) is 26.2 Å². The smallest absolute Gasteiger partial charge is 0.362 e. The molecule has 0 spiro atoms. The first kappa shape index (κ1) is 17.5. The zero-order valence-electron chi connectivity index (χ0n) is 13.6. The Hall–Kier alpha value is -2.31. The minimum absolute atomic E-state index is 0.00642. The van der Waals surface area contributed by atoms with Crippen molar-refractivity contribution >= 4 is 33.7 Å². The Morgan fingerprint density at radius 1 is 1.36 bits per heavy atom. The van der Waals surface area contributed by atoms with Crippen LogP contribution in [0, 0.1) is 11.8 Å². The van der Waals surface area contributed by atoms with Gasteiger partial charge in [0.15, 0.2) is 11.5 Å². The summed E-state index contributed by atoms with van der Waals surface area (Å²) in [6, 6.07) is 0. The summed E-state index contributed by atoms with van der Waals surface area (Å²) in [5.74, 6) is 0.297. The van der Waals surface area contributed by atoms with Crippen LogP contribution in [0.4, 0.5) is 5.82 Å². The van der Waals surface area contributed by atoms with Crippen LogP contribution in [0.2, 0.25) is 0 Å². The average molecular weight is 370 g/mol. The number of anilines is 1. The molecule has 25 heavy (non-hydrogen) atoms. The van der Waals surface area contributed by atoms with Crippen molar-refractivity contribution in [2.24, 2.45) is 11.8 Å². The highest BCUT2D eigenvalue weighted by molar-refractivity contribution is 7.85. The fourth-order valence-corrected chi connectivity index (χ4v) is 3.34. The number of rotatable bonds is 6. The maximum atomic E-state index is 11.4. The predicted octanol–water partition coefficient (Wildman–Crippen LogP) is -0.414. The molecule has 0 saturated carbocycles. The molecule has 0 bridgehead atoms. The highest BCUT2D eigenvalue weighted by atomic mass is 32.2. The SMILES string of the molecule is C[C@@H]1[C@H](C)[C@@H](COS(=O)(=O)NC=O)O[C@H]1n1cnc2c(N)ncnc21. The van der Waals surface area contributed by atoms with Gasteiger partial charge in [0, 0.05) is 5.92 Å². The number of amides is 1. The fourth-order valence-electron chi connectivity index (χ4n) is 2.84. The van der Waals surface area contributed by atoms with E-state index in [2.05, 4.69) is 15.0 Å². The van der Waals surface area contributed by atoms with Gasteiger partial charge in [0.25, 0.3) is 0 Å². The summed E-state index contributed by atoms with van der Waals surface area (Å²) in [5, 5.41) is 0. The van der Waals surface area contributed by atoms with Gasteiger partial charge in [-0.05, 0) is 5.92 Å². The number of nitrogens with one attached hydrogen (secondary N) is 1. The van der Waals surface area contributed by atoms with E-state index in [9.17, 15) is 13.2 Å². The average Bonchev–Trinajstić information content (AvgIpc) is 3.10. The normalized spacial score (nSPS) is 26.8. The molecule has 3 rings (SSSR count). The third-order valence-electron chi connectivity index (χ3n) is 4.42. The molecule has 3 N–H and O–H groups in total. The van der Waals surface area contributed by atoms with E-state index in [1.807, 2.05) is 13.8 Å². The molecule has 3 heterocycles. The third kappa shape index (κ3) is 3.27. The van der Waals surface area contributed by atoms with E-state index in [0.29, 0.717) is 11.2 Å². The summed E-state index contributed by atoms with van der Waals surface area (Å²) in [4.78, 5) is 22.6. The molecule has 0 aromatic carbocycles. The van der Waals surface area contributed by atoms with E-state index in [1.165, 1.54) is 6.33 Å². The molecule has 1 fully saturated rings. The maximum Gasteiger partial charge on any atom is 0.362 e. The lowest BCUT2D eigenvalue weighted by molar-refractivity contribution is -0.108. The van der Waals surface area contributed by atoms with Gasteiger partial charge < -0.3 is 10.5 Å². The first-order valence-corrected chi connectivity index (χ1v) is 8.93. The number of carbonyl (C=O) groups is 1. The molecule has 136 valence electrons. The number of hydrogen-bond donors (Lipinski definition) is 2. The first-order chi connectivity index (χ1) is 11.8. The molecule has 2 aromatic heterocycles. The van der Waals surface area contributed by atoms with Crippen molar-refractivity contribution < 1.29 is 22.1 Å². The molecule has 1 saturated heterocycles. The number of nitrogens with two attached hydrogens (primary N) is 1. The lowest BCUT2D eigenvalue weighted by Gasteiger charge is -2.17. The lowest BCUT2D eigenvalue weighted by Crippen LogP contribution is -2.30. The molecule has 11 nitrogen and oxygen atoms in total. The number of imidazole rings is 1. The highest BCUT2D eigenvalue weighted by Gasteiger charge is 2.41. The molecule has 4 atom stereocenters. The number of nitrogen functional groups attached to an aromatic ring is 1. The largest absolute Gasteiger partial charge is 0.382 e. The second-order valence-electron chi connectivity index (χ2n) is 5.84. The van der Waals surface area contributed by atoms with E-state index in [0.717, 1.165) is 0 Å². The minimum atomic E-state index is -4.13. The number of nitrogens with zero attached hydrogens (tertiary/aromatic N) is 4. The van der Waals surface area contributed by atoms with Crippen molar-refractivity contribution in [1.82, 2.24) is 24.2 Å². The molecular weight excluding hydrogens is 352 g/mol. The quantitative estimate of drug-likeness (QED) is 0.646. The van der Waals surface area contributed by atoms with Gasteiger partial charge in [-0.1, -0.05) is 13.8 Å². The van der Waals surface area contributed by atoms with Gasteiger partial charge >= 0.3 is 10.3 Å². The van der Waals surface area contributed by atoms with Crippen molar-refractivity contribution in [1.29, 1.82) is 0 Å². The molecule has 1 amide bonds. The van der Waals surface area contributed by atoms with E-state index < -0.39 is 22.6 Å². The summed E-state index contributed by atoms with van der Waals surface area (Å²) < 4.78 is 37.0. The fraction of sp³-hybridized carbons (Fsp3) is 0.538. The van der Waals surface area contributed by atoms with Crippen molar-refractivity contribution in [3.63, 3.8) is 0 Å². The number of carbonyl (C=O) groups excluding carboxylic acids is 1. The Balaban J connectivity index is 1.80. The standard InChI is InChI=1S/C13H18N6O5S/c1-7-8(2)13(24-9(7)3-23-25(21,22)18-6-20)19-5-17-10-11(14)15-4-16-12(10)19/h4-9,13H,3H2,1-2H3,(H,18,20)(H2,14,15,16)/t7-,8+,9+,13+/m0/s1. The van der Waals surface area contributed by atoms with Crippen LogP contribution < -0.4 is 10.5 Å². The van der Waals surface area contributed by atoms with Gasteiger partial charge in [-0.3, -0.25) is 13.5 Å². The summed E-state index contributed by atoms with van der Waals surface area (Å²) in [7, 11) is -4.13. The third-order valence-corrected chi connectivity index (χ3v) is 5.25. The van der Waals surface area contributed by atoms with Gasteiger partial charge in [0.05, 0.1) is 19.0 Å². The van der Waals surface area contributed by atoms with Crippen LogP contribution in [-0.4, -0.2) is 47.1 Å². The number of fused-ring (bicyclic) bond motifs is 1. The van der Waals surface area contributed by atoms with Crippen LogP contribution in [-0.2, 0) is 24.0 Å². The van der Waals surface area contributed by atoms with Crippen LogP contribution in [0.15, 0.2) is 12.7 Å². The van der Waals surface area contributed by atoms with E-state index in [4.69, 9.17) is 14.7 Å². The summed E-state index contributed by atoms with van der Waals surface area (Å²) in [5.41, 5.74) is 6.80. The molecule has 0 aliphatic carbocycles. The van der Waals surface area contributed by atoms with Gasteiger partial charge in [-0.15, -0.1) is 0 Å². The number of aromatic nitrogens is 4. The minimum Gasteiger partial charge on any atom is -0.382 e. The lowest BCUT2D eigenvalue weighted by atomic mass is 9.93. The molecule has 0 unspecified atom stereocenters. The number of hydrogen-bond acceptors (Lipinski definition) is 9. The van der Waals surface area contributed by atoms with E-state index >= 15 is 0 Å². The van der Waals surface area contributed by atoms with Gasteiger partial charge in [0.2, 0.25) is 6.41 Å². The topological polar surface area (TPSA) is 151 Å². The zero-order chi connectivity index (χ0) is 18.2. The van der Waals surface area contributed by atoms with Crippen LogP contribution in [0.3, 0.4) is 0 Å². The van der Waals surface area contributed by atoms with Crippen LogP contribution >= 0.6 is 0 Å². The molecule has 2 aromatic rings. The summed E-state index contributed by atoms with van der Waals surface area (Å²) in [6.07, 6.45) is 2.06. The molecule has 1 aliphatic rings. The Bertz CT molecular complexity index is 884. The maximum absolute atomic E-state index is 11.4. The summed E-state index contributed by atoms with van der Waals surface area (Å²) in [6.45, 7) is 3.69. The molecular formula is C13H18N6O5S. The van der Waals surface area contributed by atoms with Crippen molar-refractivity contribution in [3.05, 3.63) is 12.7 Å². The van der Waals surface area contributed by atoms with E-state index in [-0.39, 0.29) is 30.7 Å². The Labute approximate surface area is 143 Å². The zero-order valence-corrected chi connectivity index (χ0v) is 14.4. The molecule has 12 heteroatoms. The number of ether oxygens (including phenoxy) is 1. The predicted molar refractivity (Wildman–Crippen MR) is 86.0 cm³/mol. The second-order valence-corrected chi connectivity index (χ2v) is 7.22. The first-order valence-electron chi connectivity index (χ1n) is 7.53. The van der Waals surface area contributed by atoms with Crippen molar-refractivity contribution in [2.75, 3.05) is 12.3 Å². The van der Waals surface area contributed by atoms with E-state index in [1.54, 1.807) is 15.6 Å². The van der Waals surface area contributed by atoms with Crippen LogP contribution in [0.1, 0.15) is 20.1 Å². The van der Waals surface area contributed by atoms with Crippen LogP contribution in [0.5, 0.6) is 0 Å². The Morgan fingerprint density at radius 3 is 2.84 bits per heavy atom. The van der Waals surface area contributed by atoms with Gasteiger partial charge in [-0.2, -0.15) is 8.42 Å². The summed E-state index contributed by atoms with van der Waals surface area (Å²) >= 11 is 0.